The van der Waals surface area contributed by atoms with E-state index in [1.54, 1.807) is 0 Å². The van der Waals surface area contributed by atoms with Gasteiger partial charge in [-0.1, -0.05) is 6.07 Å². The van der Waals surface area contributed by atoms with Gasteiger partial charge in [0.25, 0.3) is 0 Å². The van der Waals surface area contributed by atoms with Crippen LogP contribution in [0.2, 0.25) is 0 Å². The van der Waals surface area contributed by atoms with Gasteiger partial charge >= 0.3 is 0 Å². The number of fused-ring (bicyclic) bond motifs is 1. The molecule has 1 aliphatic heterocycles. The largest absolute Gasteiger partial charge is 0.486 e. The number of rotatable bonds is 5. The fraction of sp³-hybridized carbons (Fsp3) is 0.538. The fourth-order valence-electron chi connectivity index (χ4n) is 1.92. The molecule has 4 heteroatoms. The van der Waals surface area contributed by atoms with Gasteiger partial charge in [0, 0.05) is 13.2 Å². The first-order chi connectivity index (χ1) is 8.35. The quantitative estimate of drug-likeness (QED) is 0.847. The molecular formula is C13H19NO3. The van der Waals surface area contributed by atoms with Gasteiger partial charge in [-0.25, -0.2) is 0 Å². The molecule has 0 aromatic heterocycles. The summed E-state index contributed by atoms with van der Waals surface area (Å²) < 4.78 is 16.8. The summed E-state index contributed by atoms with van der Waals surface area (Å²) in [5, 5.41) is 3.13. The molecular weight excluding hydrogens is 218 g/mol. The predicted molar refractivity (Wildman–Crippen MR) is 65.7 cm³/mol. The lowest BCUT2D eigenvalue weighted by Crippen LogP contribution is -2.20. The second-order valence-electron chi connectivity index (χ2n) is 3.90. The molecule has 0 aliphatic carbocycles. The van der Waals surface area contributed by atoms with Crippen LogP contribution in [-0.4, -0.2) is 33.4 Å². The highest BCUT2D eigenvalue weighted by molar-refractivity contribution is 5.44. The SMILES string of the molecule is CCOC(CNC)c1ccc2c(c1)OCCO2. The molecule has 0 fully saturated rings. The predicted octanol–water partition coefficient (Wildman–Crippen LogP) is 1.75. The summed E-state index contributed by atoms with van der Waals surface area (Å²) in [5.41, 5.74) is 1.12. The monoisotopic (exact) mass is 237 g/mol. The number of nitrogens with one attached hydrogen (secondary N) is 1. The molecule has 1 atom stereocenters. The van der Waals surface area contributed by atoms with E-state index in [1.807, 2.05) is 32.2 Å². The standard InChI is InChI=1S/C13H19NO3/c1-3-15-13(9-14-2)10-4-5-11-12(8-10)17-7-6-16-11/h4-5,8,13-14H,3,6-7,9H2,1-2H3. The molecule has 17 heavy (non-hydrogen) atoms. The molecule has 0 saturated carbocycles. The van der Waals surface area contributed by atoms with Crippen molar-refractivity contribution in [1.29, 1.82) is 0 Å². The van der Waals surface area contributed by atoms with Crippen LogP contribution in [0.25, 0.3) is 0 Å². The van der Waals surface area contributed by atoms with Gasteiger partial charge in [-0.15, -0.1) is 0 Å². The van der Waals surface area contributed by atoms with Crippen molar-refractivity contribution in [3.63, 3.8) is 0 Å². The van der Waals surface area contributed by atoms with E-state index in [4.69, 9.17) is 14.2 Å². The van der Waals surface area contributed by atoms with E-state index in [2.05, 4.69) is 5.32 Å². The minimum atomic E-state index is 0.0563. The zero-order valence-corrected chi connectivity index (χ0v) is 10.4. The molecule has 1 aromatic rings. The van der Waals surface area contributed by atoms with Gasteiger partial charge in [0.15, 0.2) is 11.5 Å². The van der Waals surface area contributed by atoms with Crippen molar-refractivity contribution in [1.82, 2.24) is 5.32 Å². The Morgan fingerprint density at radius 2 is 2.06 bits per heavy atom. The molecule has 0 radical (unpaired) electrons. The maximum absolute atomic E-state index is 5.70. The Kier molecular flexibility index (Phi) is 4.23. The molecule has 94 valence electrons. The zero-order chi connectivity index (χ0) is 12.1. The molecule has 4 nitrogen and oxygen atoms in total. The van der Waals surface area contributed by atoms with E-state index in [0.29, 0.717) is 19.8 Å². The lowest BCUT2D eigenvalue weighted by Gasteiger charge is -2.22. The van der Waals surface area contributed by atoms with Crippen LogP contribution in [0.4, 0.5) is 0 Å². The summed E-state index contributed by atoms with van der Waals surface area (Å²) in [6, 6.07) is 5.99. The van der Waals surface area contributed by atoms with Gasteiger partial charge in [0.1, 0.15) is 13.2 Å². The number of benzene rings is 1. The van der Waals surface area contributed by atoms with Gasteiger partial charge in [0.05, 0.1) is 6.10 Å². The van der Waals surface area contributed by atoms with Crippen LogP contribution in [-0.2, 0) is 4.74 Å². The highest BCUT2D eigenvalue weighted by atomic mass is 16.6. The second kappa shape index (κ2) is 5.89. The van der Waals surface area contributed by atoms with Crippen LogP contribution in [0.3, 0.4) is 0 Å². The molecule has 1 heterocycles. The lowest BCUT2D eigenvalue weighted by atomic mass is 10.1. The topological polar surface area (TPSA) is 39.7 Å². The minimum Gasteiger partial charge on any atom is -0.486 e. The van der Waals surface area contributed by atoms with E-state index in [1.165, 1.54) is 0 Å². The summed E-state index contributed by atoms with van der Waals surface area (Å²) in [7, 11) is 1.92. The maximum Gasteiger partial charge on any atom is 0.161 e. The first-order valence-electron chi connectivity index (χ1n) is 6.01. The molecule has 2 rings (SSSR count). The summed E-state index contributed by atoms with van der Waals surface area (Å²) in [6.07, 6.45) is 0.0563. The van der Waals surface area contributed by atoms with Gasteiger partial charge < -0.3 is 19.5 Å². The van der Waals surface area contributed by atoms with Gasteiger partial charge in [-0.2, -0.15) is 0 Å². The summed E-state index contributed by atoms with van der Waals surface area (Å²) in [5.74, 6) is 1.63. The van der Waals surface area contributed by atoms with Crippen molar-refractivity contribution in [3.8, 4) is 11.5 Å². The van der Waals surface area contributed by atoms with Gasteiger partial charge in [-0.05, 0) is 31.7 Å². The van der Waals surface area contributed by atoms with E-state index in [-0.39, 0.29) is 6.10 Å². The lowest BCUT2D eigenvalue weighted by molar-refractivity contribution is 0.0633. The third kappa shape index (κ3) is 2.90. The van der Waals surface area contributed by atoms with E-state index >= 15 is 0 Å². The number of hydrogen-bond acceptors (Lipinski definition) is 4. The van der Waals surface area contributed by atoms with Crippen molar-refractivity contribution in [2.45, 2.75) is 13.0 Å². The van der Waals surface area contributed by atoms with Gasteiger partial charge in [-0.3, -0.25) is 0 Å². The van der Waals surface area contributed by atoms with Crippen LogP contribution in [0.1, 0.15) is 18.6 Å². The van der Waals surface area contributed by atoms with E-state index in [9.17, 15) is 0 Å². The summed E-state index contributed by atoms with van der Waals surface area (Å²) in [6.45, 7) is 4.72. The van der Waals surface area contributed by atoms with E-state index in [0.717, 1.165) is 23.6 Å². The van der Waals surface area contributed by atoms with Crippen molar-refractivity contribution in [2.75, 3.05) is 33.4 Å². The van der Waals surface area contributed by atoms with Crippen molar-refractivity contribution in [2.24, 2.45) is 0 Å². The van der Waals surface area contributed by atoms with E-state index < -0.39 is 0 Å². The van der Waals surface area contributed by atoms with Crippen molar-refractivity contribution < 1.29 is 14.2 Å². The van der Waals surface area contributed by atoms with Crippen molar-refractivity contribution >= 4 is 0 Å². The molecule has 0 spiro atoms. The molecule has 1 aromatic carbocycles. The van der Waals surface area contributed by atoms with Gasteiger partial charge in [0.2, 0.25) is 0 Å². The number of hydrogen-bond donors (Lipinski definition) is 1. The average molecular weight is 237 g/mol. The van der Waals surface area contributed by atoms with Crippen LogP contribution >= 0.6 is 0 Å². The smallest absolute Gasteiger partial charge is 0.161 e. The zero-order valence-electron chi connectivity index (χ0n) is 10.4. The summed E-state index contributed by atoms with van der Waals surface area (Å²) in [4.78, 5) is 0. The Hall–Kier alpha value is -1.26. The Morgan fingerprint density at radius 3 is 2.76 bits per heavy atom. The Labute approximate surface area is 102 Å². The van der Waals surface area contributed by atoms with Crippen LogP contribution < -0.4 is 14.8 Å². The number of likely N-dealkylation sites (N-methyl/N-ethyl adjacent to an activating group) is 1. The maximum atomic E-state index is 5.70. The second-order valence-corrected chi connectivity index (χ2v) is 3.90. The molecule has 1 unspecified atom stereocenters. The number of ether oxygens (including phenoxy) is 3. The molecule has 0 saturated heterocycles. The van der Waals surface area contributed by atoms with Crippen LogP contribution in [0.15, 0.2) is 18.2 Å². The molecule has 0 amide bonds. The normalized spacial score (nSPS) is 15.6. The van der Waals surface area contributed by atoms with Crippen molar-refractivity contribution in [3.05, 3.63) is 23.8 Å². The van der Waals surface area contributed by atoms with Crippen LogP contribution in [0.5, 0.6) is 11.5 Å². The Morgan fingerprint density at radius 1 is 1.29 bits per heavy atom. The highest BCUT2D eigenvalue weighted by Crippen LogP contribution is 2.33. The third-order valence-corrected chi connectivity index (χ3v) is 2.70. The Bertz CT molecular complexity index is 362. The first-order valence-corrected chi connectivity index (χ1v) is 6.01. The molecule has 0 bridgehead atoms. The van der Waals surface area contributed by atoms with Crippen LogP contribution in [0, 0.1) is 0 Å². The molecule has 1 N–H and O–H groups in total. The minimum absolute atomic E-state index is 0.0563. The average Bonchev–Trinajstić information content (AvgIpc) is 2.38. The summed E-state index contributed by atoms with van der Waals surface area (Å²) >= 11 is 0. The first kappa shape index (κ1) is 12.2. The fourth-order valence-corrected chi connectivity index (χ4v) is 1.92. The highest BCUT2D eigenvalue weighted by Gasteiger charge is 2.16. The molecule has 1 aliphatic rings. The third-order valence-electron chi connectivity index (χ3n) is 2.70. The Balaban J connectivity index is 2.18.